The van der Waals surface area contributed by atoms with Gasteiger partial charge in [0, 0.05) is 36.7 Å². The van der Waals surface area contributed by atoms with Crippen molar-refractivity contribution >= 4 is 38.0 Å². The molecule has 0 radical (unpaired) electrons. The fourth-order valence-electron chi connectivity index (χ4n) is 4.81. The van der Waals surface area contributed by atoms with Gasteiger partial charge in [0.1, 0.15) is 5.54 Å². The Labute approximate surface area is 203 Å². The van der Waals surface area contributed by atoms with Crippen LogP contribution < -0.4 is 9.62 Å². The molecule has 6 rings (SSSR count). The third kappa shape index (κ3) is 3.96. The molecule has 2 atom stereocenters. The topological polar surface area (TPSA) is 126 Å². The monoisotopic (exact) mass is 521 g/mol. The minimum atomic E-state index is -4.04. The zero-order valence-electron chi connectivity index (χ0n) is 18.4. The lowest BCUT2D eigenvalue weighted by molar-refractivity contribution is 0.150. The molecule has 2 saturated heterocycles. The average molecular weight is 522 g/mol. The smallest absolute Gasteiger partial charge is 0.291 e. The zero-order valence-corrected chi connectivity index (χ0v) is 20.0. The minimum absolute atomic E-state index is 0.0216. The van der Waals surface area contributed by atoms with E-state index in [4.69, 9.17) is 4.74 Å². The van der Waals surface area contributed by atoms with Gasteiger partial charge in [-0.15, -0.1) is 10.2 Å². The molecule has 4 heterocycles. The number of hydrogen-bond acceptors (Lipinski definition) is 9. The van der Waals surface area contributed by atoms with Crippen LogP contribution in [0, 0.1) is 23.2 Å². The second-order valence-corrected chi connectivity index (χ2v) is 11.9. The first-order chi connectivity index (χ1) is 16.8. The number of sulfonamides is 1. The molecule has 1 aliphatic carbocycles. The van der Waals surface area contributed by atoms with Gasteiger partial charge < -0.3 is 9.64 Å². The van der Waals surface area contributed by atoms with Crippen LogP contribution in [0.25, 0.3) is 16.0 Å². The average Bonchev–Trinajstić information content (AvgIpc) is 3.24. The quantitative estimate of drug-likeness (QED) is 0.525. The summed E-state index contributed by atoms with van der Waals surface area (Å²) in [5.74, 6) is 0.829. The number of anilines is 1. The van der Waals surface area contributed by atoms with Gasteiger partial charge >= 0.3 is 0 Å². The van der Waals surface area contributed by atoms with Crippen molar-refractivity contribution in [1.82, 2.24) is 24.7 Å². The summed E-state index contributed by atoms with van der Waals surface area (Å²) in [7, 11) is -4.04. The van der Waals surface area contributed by atoms with Crippen LogP contribution in [0.4, 0.5) is 14.5 Å². The SMILES string of the molecule is N#CC1(NS(=O)(=O)c2cc(N3CCC4COCC4C3)c3cnn(-c4nnc(C(F)F)s4)c3c2)CC1. The van der Waals surface area contributed by atoms with Crippen molar-refractivity contribution in [2.75, 3.05) is 31.2 Å². The van der Waals surface area contributed by atoms with E-state index in [1.165, 1.54) is 10.7 Å². The van der Waals surface area contributed by atoms with Crippen molar-refractivity contribution in [2.24, 2.45) is 11.8 Å². The maximum Gasteiger partial charge on any atom is 0.291 e. The van der Waals surface area contributed by atoms with E-state index in [2.05, 4.69) is 24.9 Å². The summed E-state index contributed by atoms with van der Waals surface area (Å²) < 4.78 is 62.4. The second-order valence-electron chi connectivity index (χ2n) is 9.25. The highest BCUT2D eigenvalue weighted by Gasteiger charge is 2.47. The van der Waals surface area contributed by atoms with Crippen LogP contribution in [0.5, 0.6) is 0 Å². The van der Waals surface area contributed by atoms with Crippen LogP contribution in [0.1, 0.15) is 30.7 Å². The Balaban J connectivity index is 1.47. The first-order valence-electron chi connectivity index (χ1n) is 11.2. The lowest BCUT2D eigenvalue weighted by atomic mass is 9.88. The second kappa shape index (κ2) is 8.16. The first kappa shape index (κ1) is 22.7. The van der Waals surface area contributed by atoms with Crippen molar-refractivity contribution < 1.29 is 21.9 Å². The number of aromatic nitrogens is 4. The van der Waals surface area contributed by atoms with Crippen molar-refractivity contribution in [1.29, 1.82) is 5.26 Å². The summed E-state index contributed by atoms with van der Waals surface area (Å²) in [6.45, 7) is 2.83. The number of nitrogens with zero attached hydrogens (tertiary/aromatic N) is 6. The van der Waals surface area contributed by atoms with Gasteiger partial charge in [0.05, 0.1) is 29.3 Å². The summed E-state index contributed by atoms with van der Waals surface area (Å²) in [6.07, 6.45) is 0.640. The van der Waals surface area contributed by atoms with Gasteiger partial charge in [-0.05, 0) is 37.3 Å². The molecule has 14 heteroatoms. The van der Waals surface area contributed by atoms with Gasteiger partial charge in [0.15, 0.2) is 5.01 Å². The van der Waals surface area contributed by atoms with Gasteiger partial charge in [0.2, 0.25) is 15.2 Å². The summed E-state index contributed by atoms with van der Waals surface area (Å²) in [4.78, 5) is 2.11. The Morgan fingerprint density at radius 2 is 2.06 bits per heavy atom. The summed E-state index contributed by atoms with van der Waals surface area (Å²) in [5, 5.41) is 21.5. The first-order valence-corrected chi connectivity index (χ1v) is 13.5. The van der Waals surface area contributed by atoms with E-state index < -0.39 is 27.0 Å². The van der Waals surface area contributed by atoms with E-state index in [9.17, 15) is 22.5 Å². The molecule has 0 amide bonds. The maximum absolute atomic E-state index is 13.3. The van der Waals surface area contributed by atoms with Gasteiger partial charge in [-0.25, -0.2) is 21.9 Å². The molecule has 1 aromatic carbocycles. The number of ether oxygens (including phenoxy) is 1. The van der Waals surface area contributed by atoms with E-state index in [0.29, 0.717) is 65.8 Å². The number of nitrogens with one attached hydrogen (secondary N) is 1. The van der Waals surface area contributed by atoms with Gasteiger partial charge in [-0.1, -0.05) is 11.3 Å². The van der Waals surface area contributed by atoms with Gasteiger partial charge in [0.25, 0.3) is 6.43 Å². The number of hydrogen-bond donors (Lipinski definition) is 1. The van der Waals surface area contributed by atoms with E-state index in [-0.39, 0.29) is 10.0 Å². The normalized spacial score (nSPS) is 23.5. The highest BCUT2D eigenvalue weighted by Crippen LogP contribution is 2.40. The molecule has 2 aliphatic heterocycles. The van der Waals surface area contributed by atoms with Crippen LogP contribution in [-0.2, 0) is 14.8 Å². The summed E-state index contributed by atoms with van der Waals surface area (Å²) >= 11 is 0.695. The van der Waals surface area contributed by atoms with E-state index in [0.717, 1.165) is 19.6 Å². The molecule has 3 aliphatic rings. The molecule has 2 unspecified atom stereocenters. The lowest BCUT2D eigenvalue weighted by Gasteiger charge is -2.36. The fraction of sp³-hybridized carbons (Fsp3) is 0.524. The molecule has 3 fully saturated rings. The third-order valence-corrected chi connectivity index (χ3v) is 9.36. The van der Waals surface area contributed by atoms with Crippen molar-refractivity contribution in [3.63, 3.8) is 0 Å². The minimum Gasteiger partial charge on any atom is -0.381 e. The molecule has 0 bridgehead atoms. The highest BCUT2D eigenvalue weighted by molar-refractivity contribution is 7.89. The van der Waals surface area contributed by atoms with Crippen LogP contribution >= 0.6 is 11.3 Å². The Morgan fingerprint density at radius 3 is 2.77 bits per heavy atom. The molecular formula is C21H21F2N7O3S2. The molecule has 35 heavy (non-hydrogen) atoms. The van der Waals surface area contributed by atoms with Gasteiger partial charge in [-0.3, -0.25) is 0 Å². The number of fused-ring (bicyclic) bond motifs is 2. The molecule has 184 valence electrons. The molecule has 0 spiro atoms. The van der Waals surface area contributed by atoms with Crippen LogP contribution in [-0.4, -0.2) is 60.2 Å². The number of benzene rings is 1. The molecule has 10 nitrogen and oxygen atoms in total. The maximum atomic E-state index is 13.3. The van der Waals surface area contributed by atoms with Gasteiger partial charge in [-0.2, -0.15) is 15.1 Å². The summed E-state index contributed by atoms with van der Waals surface area (Å²) in [6, 6.07) is 5.09. The Bertz CT molecular complexity index is 1440. The van der Waals surface area contributed by atoms with Crippen LogP contribution in [0.15, 0.2) is 23.2 Å². The van der Waals surface area contributed by atoms with Crippen LogP contribution in [0.3, 0.4) is 0 Å². The highest BCUT2D eigenvalue weighted by atomic mass is 32.2. The van der Waals surface area contributed by atoms with Crippen molar-refractivity contribution in [3.05, 3.63) is 23.3 Å². The molecule has 2 aromatic heterocycles. The predicted molar refractivity (Wildman–Crippen MR) is 122 cm³/mol. The number of halogens is 2. The van der Waals surface area contributed by atoms with E-state index in [1.54, 1.807) is 12.3 Å². The molecule has 1 saturated carbocycles. The largest absolute Gasteiger partial charge is 0.381 e. The summed E-state index contributed by atoms with van der Waals surface area (Å²) in [5.41, 5.74) is 0.00498. The Hall–Kier alpha value is -2.73. The molecular weight excluding hydrogens is 500 g/mol. The Morgan fingerprint density at radius 1 is 1.26 bits per heavy atom. The standard InChI is InChI=1S/C21H21F2N7O3S2/c22-18(23)19-26-27-20(34-19)30-17-6-14(35(31,32)28-21(11-24)2-3-21)5-16(15(17)7-25-30)29-4-1-12-9-33-10-13(12)8-29/h5-7,12-13,18,28H,1-4,8-10H2. The third-order valence-electron chi connectivity index (χ3n) is 6.94. The fourth-order valence-corrected chi connectivity index (χ4v) is 6.90. The number of rotatable bonds is 6. The van der Waals surface area contributed by atoms with E-state index >= 15 is 0 Å². The molecule has 1 N–H and O–H groups in total. The number of nitriles is 1. The van der Waals surface area contributed by atoms with Crippen LogP contribution in [0.2, 0.25) is 0 Å². The molecule has 3 aromatic rings. The number of piperidine rings is 1. The lowest BCUT2D eigenvalue weighted by Crippen LogP contribution is -2.40. The zero-order chi connectivity index (χ0) is 24.4. The van der Waals surface area contributed by atoms with Crippen molar-refractivity contribution in [2.45, 2.75) is 36.1 Å². The Kier molecular flexibility index (Phi) is 5.29. The predicted octanol–water partition coefficient (Wildman–Crippen LogP) is 2.62. The number of alkyl halides is 2. The van der Waals surface area contributed by atoms with Crippen molar-refractivity contribution in [3.8, 4) is 11.2 Å². The van der Waals surface area contributed by atoms with E-state index in [1.807, 2.05) is 6.07 Å².